The van der Waals surface area contributed by atoms with Gasteiger partial charge in [0.15, 0.2) is 5.82 Å². The smallest absolute Gasteiger partial charge is 0.306 e. The number of hydrogen-bond donors (Lipinski definition) is 2. The van der Waals surface area contributed by atoms with Crippen LogP contribution in [0.25, 0.3) is 0 Å². The molecule has 0 heterocycles. The summed E-state index contributed by atoms with van der Waals surface area (Å²) in [5, 5.41) is 16.9. The zero-order valence-electron chi connectivity index (χ0n) is 38.3. The third-order valence-electron chi connectivity index (χ3n) is 11.0. The lowest BCUT2D eigenvalue weighted by molar-refractivity contribution is -0.404. The number of nitrogens with zero attached hydrogens (tertiary/aromatic N) is 2. The summed E-state index contributed by atoms with van der Waals surface area (Å²) in [5.74, 6) is 0.313. The third kappa shape index (κ3) is 40.2. The van der Waals surface area contributed by atoms with Crippen molar-refractivity contribution in [1.82, 2.24) is 15.5 Å². The predicted molar refractivity (Wildman–Crippen MR) is 243 cm³/mol. The van der Waals surface area contributed by atoms with E-state index in [0.29, 0.717) is 31.8 Å². The molecule has 0 aromatic heterocycles. The van der Waals surface area contributed by atoms with Crippen LogP contribution in [0.2, 0.25) is 0 Å². The quantitative estimate of drug-likeness (QED) is 0.0203. The fourth-order valence-corrected chi connectivity index (χ4v) is 7.34. The summed E-state index contributed by atoms with van der Waals surface area (Å²) in [7, 11) is 1.68. The topological polar surface area (TPSA) is 123 Å². The molecule has 0 fully saturated rings. The highest BCUT2D eigenvalue weighted by Gasteiger charge is 2.14. The molecule has 0 radical (unpaired) electrons. The van der Waals surface area contributed by atoms with Gasteiger partial charge in [-0.25, -0.2) is 0 Å². The van der Waals surface area contributed by atoms with E-state index in [4.69, 9.17) is 9.47 Å². The Bertz CT molecular complexity index is 991. The average Bonchev–Trinajstić information content (AvgIpc) is 3.21. The first-order valence-corrected chi connectivity index (χ1v) is 24.3. The van der Waals surface area contributed by atoms with E-state index in [0.717, 1.165) is 129 Å². The highest BCUT2D eigenvalue weighted by Crippen LogP contribution is 2.18. The van der Waals surface area contributed by atoms with Crippen LogP contribution < -0.4 is 10.6 Å². The van der Waals surface area contributed by atoms with Gasteiger partial charge in [-0.05, 0) is 90.3 Å². The van der Waals surface area contributed by atoms with Gasteiger partial charge >= 0.3 is 11.9 Å². The number of esters is 2. The summed E-state index contributed by atoms with van der Waals surface area (Å²) >= 11 is 0. The van der Waals surface area contributed by atoms with Crippen LogP contribution in [0.1, 0.15) is 226 Å². The van der Waals surface area contributed by atoms with Gasteiger partial charge in [0.2, 0.25) is 0 Å². The van der Waals surface area contributed by atoms with E-state index in [1.807, 2.05) is 6.08 Å². The minimum Gasteiger partial charge on any atom is -0.462 e. The Morgan fingerprint density at radius 2 is 1.07 bits per heavy atom. The summed E-state index contributed by atoms with van der Waals surface area (Å²) in [5.41, 5.74) is 0. The van der Waals surface area contributed by atoms with Gasteiger partial charge in [-0.2, -0.15) is 0 Å². The van der Waals surface area contributed by atoms with Crippen molar-refractivity contribution in [2.24, 2.45) is 0 Å². The first-order chi connectivity index (χ1) is 28.4. The molecule has 58 heavy (non-hydrogen) atoms. The fourth-order valence-electron chi connectivity index (χ4n) is 7.34. The number of hydrogen-bond acceptors (Lipinski definition) is 9. The molecule has 0 aromatic carbocycles. The Labute approximate surface area is 357 Å². The van der Waals surface area contributed by atoms with Crippen molar-refractivity contribution in [3.63, 3.8) is 0 Å². The van der Waals surface area contributed by atoms with Crippen molar-refractivity contribution in [1.29, 1.82) is 0 Å². The molecule has 0 spiro atoms. The van der Waals surface area contributed by atoms with Crippen molar-refractivity contribution in [2.45, 2.75) is 232 Å². The Hall–Kier alpha value is -2.62. The molecule has 10 heteroatoms. The Balaban J connectivity index is 4.51. The van der Waals surface area contributed by atoms with Crippen LogP contribution in [0, 0.1) is 10.1 Å². The summed E-state index contributed by atoms with van der Waals surface area (Å²) in [4.78, 5) is 37.9. The molecule has 0 saturated carbocycles. The first kappa shape index (κ1) is 55.4. The molecule has 0 bridgehead atoms. The van der Waals surface area contributed by atoms with Crippen LogP contribution in [0.3, 0.4) is 0 Å². The van der Waals surface area contributed by atoms with E-state index < -0.39 is 4.92 Å². The molecule has 340 valence electrons. The van der Waals surface area contributed by atoms with Gasteiger partial charge in [-0.1, -0.05) is 155 Å². The second kappa shape index (κ2) is 43.9. The molecule has 0 aliphatic rings. The second-order valence-corrected chi connectivity index (χ2v) is 16.5. The fraction of sp³-hybridized carbons (Fsp3) is 0.875. The molecule has 0 aromatic rings. The van der Waals surface area contributed by atoms with E-state index in [1.165, 1.54) is 89.9 Å². The van der Waals surface area contributed by atoms with Gasteiger partial charge in [0.05, 0.1) is 4.92 Å². The van der Waals surface area contributed by atoms with Crippen LogP contribution in [0.5, 0.6) is 0 Å². The average molecular weight is 821 g/mol. The summed E-state index contributed by atoms with van der Waals surface area (Å²) in [6.45, 7) is 10.8. The number of ether oxygens (including phenoxy) is 2. The van der Waals surface area contributed by atoms with Crippen molar-refractivity contribution in [2.75, 3.05) is 39.8 Å². The Morgan fingerprint density at radius 1 is 0.603 bits per heavy atom. The van der Waals surface area contributed by atoms with Crippen molar-refractivity contribution >= 4 is 11.9 Å². The highest BCUT2D eigenvalue weighted by atomic mass is 16.6. The van der Waals surface area contributed by atoms with Gasteiger partial charge in [-0.3, -0.25) is 19.7 Å². The maximum Gasteiger partial charge on any atom is 0.306 e. The minimum atomic E-state index is -0.448. The maximum atomic E-state index is 12.8. The lowest BCUT2D eigenvalue weighted by atomic mass is 10.0. The minimum absolute atomic E-state index is 0.00704. The van der Waals surface area contributed by atoms with E-state index in [1.54, 1.807) is 7.05 Å². The summed E-state index contributed by atoms with van der Waals surface area (Å²) < 4.78 is 11.4. The number of carbonyl (C=O) groups excluding carboxylic acids is 2. The van der Waals surface area contributed by atoms with Crippen molar-refractivity contribution in [3.05, 3.63) is 34.3 Å². The molecule has 0 saturated heterocycles. The van der Waals surface area contributed by atoms with Gasteiger partial charge in [0, 0.05) is 26.4 Å². The van der Waals surface area contributed by atoms with Crippen molar-refractivity contribution in [3.8, 4) is 0 Å². The van der Waals surface area contributed by atoms with E-state index in [-0.39, 0.29) is 18.0 Å². The zero-order chi connectivity index (χ0) is 42.6. The van der Waals surface area contributed by atoms with Gasteiger partial charge in [-0.15, -0.1) is 0 Å². The molecule has 0 atom stereocenters. The van der Waals surface area contributed by atoms with Gasteiger partial charge in [0.25, 0.3) is 6.20 Å². The highest BCUT2D eigenvalue weighted by molar-refractivity contribution is 5.69. The molecule has 0 aliphatic carbocycles. The number of carbonyl (C=O) groups is 2. The molecular formula is C48H92N4O6. The zero-order valence-corrected chi connectivity index (χ0v) is 38.3. The molecule has 0 amide bonds. The molecule has 0 unspecified atom stereocenters. The number of nitrogens with one attached hydrogen (secondary N) is 2. The van der Waals surface area contributed by atoms with E-state index >= 15 is 0 Å². The monoisotopic (exact) mass is 821 g/mol. The van der Waals surface area contributed by atoms with E-state index in [2.05, 4.69) is 42.4 Å². The number of nitro groups is 1. The van der Waals surface area contributed by atoms with Crippen molar-refractivity contribution < 1.29 is 24.0 Å². The van der Waals surface area contributed by atoms with E-state index in [9.17, 15) is 19.7 Å². The maximum absolute atomic E-state index is 12.8. The normalized spacial score (nSPS) is 11.9. The number of unbranched alkanes of at least 4 members (excludes halogenated alkanes) is 22. The largest absolute Gasteiger partial charge is 0.462 e. The van der Waals surface area contributed by atoms with Crippen LogP contribution in [0.15, 0.2) is 24.2 Å². The van der Waals surface area contributed by atoms with Crippen LogP contribution >= 0.6 is 0 Å². The number of allylic oxidation sites excluding steroid dienone is 1. The van der Waals surface area contributed by atoms with Crippen LogP contribution in [-0.4, -0.2) is 67.7 Å². The molecular weight excluding hydrogens is 729 g/mol. The first-order valence-electron chi connectivity index (χ1n) is 24.3. The second-order valence-electron chi connectivity index (χ2n) is 16.5. The lowest BCUT2D eigenvalue weighted by Gasteiger charge is -2.22. The summed E-state index contributed by atoms with van der Waals surface area (Å²) in [6, 6.07) is 0. The Kier molecular flexibility index (Phi) is 42.0. The lowest BCUT2D eigenvalue weighted by Crippen LogP contribution is -2.31. The standard InChI is InChI=1S/C48H92N4O6/c1-5-8-11-14-17-26-33-43-57-47(53)37-29-22-18-24-31-40-51(42-34-39-50-46(49-4)44-52(55)56)41-32-25-19-23-30-38-48(54)58-45(35-27-20-15-12-9-6-2)36-28-21-16-13-10-7-3/h26,33,44-45,49-50H,5-25,27-32,34-43H2,1-4H3/b33-26-,46-44+. The molecule has 10 nitrogen and oxygen atoms in total. The van der Waals surface area contributed by atoms with Crippen LogP contribution in [-0.2, 0) is 19.1 Å². The molecule has 0 rings (SSSR count). The molecule has 0 aliphatic heterocycles. The number of rotatable bonds is 45. The van der Waals surface area contributed by atoms with Gasteiger partial charge in [0.1, 0.15) is 12.7 Å². The summed E-state index contributed by atoms with van der Waals surface area (Å²) in [6.07, 6.45) is 41.0. The van der Waals surface area contributed by atoms with Crippen LogP contribution in [0.4, 0.5) is 0 Å². The van der Waals surface area contributed by atoms with Gasteiger partial charge < -0.3 is 25.0 Å². The third-order valence-corrected chi connectivity index (χ3v) is 11.0. The predicted octanol–water partition coefficient (Wildman–Crippen LogP) is 12.7. The SMILES string of the molecule is CCCCCC/C=C\COC(=O)CCCCCCCN(CCCCCCCC(=O)OC(CCCCCCCC)CCCCCCCC)CCCN/C(=C/[N+](=O)[O-])NC. The molecule has 2 N–H and O–H groups in total. The Morgan fingerprint density at radius 3 is 1.60 bits per heavy atom.